The third kappa shape index (κ3) is 5.40. The molecule has 0 bridgehead atoms. The van der Waals surface area contributed by atoms with Crippen LogP contribution in [0.2, 0.25) is 0 Å². The van der Waals surface area contributed by atoms with Crippen LogP contribution >= 0.6 is 0 Å². The number of aryl methyl sites for hydroxylation is 1. The molecule has 2 fully saturated rings. The summed E-state index contributed by atoms with van der Waals surface area (Å²) in [6.45, 7) is 6.96. The summed E-state index contributed by atoms with van der Waals surface area (Å²) in [7, 11) is 4.34. The van der Waals surface area contributed by atoms with Crippen molar-refractivity contribution in [3.8, 4) is 0 Å². The van der Waals surface area contributed by atoms with Gasteiger partial charge < -0.3 is 20.0 Å². The van der Waals surface area contributed by atoms with Gasteiger partial charge in [-0.05, 0) is 82.6 Å². The van der Waals surface area contributed by atoms with Gasteiger partial charge in [-0.15, -0.1) is 0 Å². The molecule has 2 aromatic rings. The average molecular weight is 421 g/mol. The van der Waals surface area contributed by atoms with Crippen LogP contribution in [0.15, 0.2) is 48.5 Å². The summed E-state index contributed by atoms with van der Waals surface area (Å²) in [4.78, 5) is 19.5. The molecule has 166 valence electrons. The lowest BCUT2D eigenvalue weighted by Gasteiger charge is -2.32. The van der Waals surface area contributed by atoms with Crippen molar-refractivity contribution in [2.24, 2.45) is 5.92 Å². The Kier molecular flexibility index (Phi) is 6.81. The highest BCUT2D eigenvalue weighted by molar-refractivity contribution is 5.94. The molecule has 5 nitrogen and oxygen atoms in total. The SMILES string of the molecule is Cc1ccc(C(=O)N2CCC(CNc3ccc(N4CCC(N(C)C)C4)cc3)CC2)cc1. The molecular formula is C26H36N4O. The van der Waals surface area contributed by atoms with E-state index in [4.69, 9.17) is 0 Å². The van der Waals surface area contributed by atoms with Crippen molar-refractivity contribution in [2.75, 3.05) is 57.0 Å². The Labute approximate surface area is 187 Å². The lowest BCUT2D eigenvalue weighted by atomic mass is 9.96. The van der Waals surface area contributed by atoms with E-state index in [1.807, 2.05) is 36.1 Å². The minimum absolute atomic E-state index is 0.167. The number of benzene rings is 2. The van der Waals surface area contributed by atoms with E-state index in [-0.39, 0.29) is 5.91 Å². The van der Waals surface area contributed by atoms with Gasteiger partial charge >= 0.3 is 0 Å². The lowest BCUT2D eigenvalue weighted by molar-refractivity contribution is 0.0695. The largest absolute Gasteiger partial charge is 0.385 e. The molecule has 1 atom stereocenters. The number of rotatable bonds is 6. The summed E-state index contributed by atoms with van der Waals surface area (Å²) < 4.78 is 0. The first-order valence-corrected chi connectivity index (χ1v) is 11.6. The molecule has 0 spiro atoms. The van der Waals surface area contributed by atoms with Crippen molar-refractivity contribution in [3.63, 3.8) is 0 Å². The van der Waals surface area contributed by atoms with E-state index in [0.29, 0.717) is 12.0 Å². The molecular weight excluding hydrogens is 384 g/mol. The zero-order valence-corrected chi connectivity index (χ0v) is 19.2. The molecule has 2 heterocycles. The van der Waals surface area contributed by atoms with E-state index < -0.39 is 0 Å². The number of nitrogens with one attached hydrogen (secondary N) is 1. The van der Waals surface area contributed by atoms with Gasteiger partial charge in [0, 0.05) is 55.7 Å². The molecule has 5 heteroatoms. The zero-order chi connectivity index (χ0) is 21.8. The zero-order valence-electron chi connectivity index (χ0n) is 19.2. The van der Waals surface area contributed by atoms with E-state index in [1.54, 1.807) is 0 Å². The maximum Gasteiger partial charge on any atom is 0.253 e. The third-order valence-corrected chi connectivity index (χ3v) is 6.92. The number of likely N-dealkylation sites (tertiary alicyclic amines) is 1. The summed E-state index contributed by atoms with van der Waals surface area (Å²) >= 11 is 0. The number of carbonyl (C=O) groups is 1. The first-order valence-electron chi connectivity index (χ1n) is 11.6. The Morgan fingerprint density at radius 2 is 1.65 bits per heavy atom. The molecule has 1 unspecified atom stereocenters. The Morgan fingerprint density at radius 3 is 2.26 bits per heavy atom. The normalized spacial score (nSPS) is 19.8. The first kappa shape index (κ1) is 21.7. The van der Waals surface area contributed by atoms with Gasteiger partial charge in [0.1, 0.15) is 0 Å². The highest BCUT2D eigenvalue weighted by Crippen LogP contribution is 2.25. The van der Waals surface area contributed by atoms with Gasteiger partial charge in [-0.3, -0.25) is 4.79 Å². The van der Waals surface area contributed by atoms with Crippen LogP contribution in [-0.2, 0) is 0 Å². The van der Waals surface area contributed by atoms with E-state index in [0.717, 1.165) is 51.1 Å². The molecule has 31 heavy (non-hydrogen) atoms. The van der Waals surface area contributed by atoms with Crippen LogP contribution in [0.3, 0.4) is 0 Å². The van der Waals surface area contributed by atoms with E-state index >= 15 is 0 Å². The quantitative estimate of drug-likeness (QED) is 0.764. The summed E-state index contributed by atoms with van der Waals surface area (Å²) in [6, 6.07) is 17.4. The van der Waals surface area contributed by atoms with Gasteiger partial charge in [0.2, 0.25) is 0 Å². The van der Waals surface area contributed by atoms with Gasteiger partial charge in [-0.25, -0.2) is 0 Å². The van der Waals surface area contributed by atoms with Crippen LogP contribution in [0.5, 0.6) is 0 Å². The fourth-order valence-electron chi connectivity index (χ4n) is 4.67. The number of piperidine rings is 1. The smallest absolute Gasteiger partial charge is 0.253 e. The molecule has 0 radical (unpaired) electrons. The summed E-state index contributed by atoms with van der Waals surface area (Å²) in [5.74, 6) is 0.779. The van der Waals surface area contributed by atoms with E-state index in [2.05, 4.69) is 53.5 Å². The monoisotopic (exact) mass is 420 g/mol. The van der Waals surface area contributed by atoms with Gasteiger partial charge in [0.05, 0.1) is 0 Å². The standard InChI is InChI=1S/C26H36N4O/c1-20-4-6-22(7-5-20)26(31)29-15-12-21(13-16-29)18-27-23-8-10-24(11-9-23)30-17-14-25(19-30)28(2)3/h4-11,21,25,27H,12-19H2,1-3H3. The lowest BCUT2D eigenvalue weighted by Crippen LogP contribution is -2.39. The summed E-state index contributed by atoms with van der Waals surface area (Å²) in [5, 5.41) is 3.61. The van der Waals surface area contributed by atoms with E-state index in [1.165, 1.54) is 23.4 Å². The van der Waals surface area contributed by atoms with Crippen molar-refractivity contribution in [3.05, 3.63) is 59.7 Å². The maximum atomic E-state index is 12.7. The van der Waals surface area contributed by atoms with Crippen LogP contribution in [0.4, 0.5) is 11.4 Å². The Morgan fingerprint density at radius 1 is 0.968 bits per heavy atom. The molecule has 1 N–H and O–H groups in total. The summed E-state index contributed by atoms with van der Waals surface area (Å²) in [6.07, 6.45) is 3.35. The highest BCUT2D eigenvalue weighted by Gasteiger charge is 2.25. The number of hydrogen-bond donors (Lipinski definition) is 1. The van der Waals surface area contributed by atoms with Gasteiger partial charge in [0.15, 0.2) is 0 Å². The molecule has 0 aromatic heterocycles. The van der Waals surface area contributed by atoms with Crippen LogP contribution in [0.25, 0.3) is 0 Å². The Bertz CT molecular complexity index is 854. The van der Waals surface area contributed by atoms with Crippen LogP contribution in [-0.4, -0.2) is 68.6 Å². The number of likely N-dealkylation sites (N-methyl/N-ethyl adjacent to an activating group) is 1. The number of hydrogen-bond acceptors (Lipinski definition) is 4. The maximum absolute atomic E-state index is 12.7. The summed E-state index contributed by atoms with van der Waals surface area (Å²) in [5.41, 5.74) is 4.49. The number of amides is 1. The van der Waals surface area contributed by atoms with Gasteiger partial charge in [-0.1, -0.05) is 17.7 Å². The minimum atomic E-state index is 0.167. The molecule has 1 amide bonds. The predicted octanol–water partition coefficient (Wildman–Crippen LogP) is 4.10. The Hall–Kier alpha value is -2.53. The highest BCUT2D eigenvalue weighted by atomic mass is 16.2. The second kappa shape index (κ2) is 9.73. The third-order valence-electron chi connectivity index (χ3n) is 6.92. The molecule has 2 aliphatic heterocycles. The number of anilines is 2. The van der Waals surface area contributed by atoms with Gasteiger partial charge in [0.25, 0.3) is 5.91 Å². The Balaban J connectivity index is 1.22. The first-order chi connectivity index (χ1) is 15.0. The van der Waals surface area contributed by atoms with Crippen molar-refractivity contribution in [1.82, 2.24) is 9.80 Å². The fraction of sp³-hybridized carbons (Fsp3) is 0.500. The number of carbonyl (C=O) groups excluding carboxylic acids is 1. The van der Waals surface area contributed by atoms with Crippen LogP contribution < -0.4 is 10.2 Å². The predicted molar refractivity (Wildman–Crippen MR) is 129 cm³/mol. The topological polar surface area (TPSA) is 38.8 Å². The second-order valence-corrected chi connectivity index (χ2v) is 9.38. The van der Waals surface area contributed by atoms with Crippen molar-refractivity contribution in [1.29, 1.82) is 0 Å². The molecule has 0 saturated carbocycles. The average Bonchev–Trinajstić information content (AvgIpc) is 3.29. The number of nitrogens with zero attached hydrogens (tertiary/aromatic N) is 3. The van der Waals surface area contributed by atoms with E-state index in [9.17, 15) is 4.79 Å². The van der Waals surface area contributed by atoms with Crippen molar-refractivity contribution < 1.29 is 4.79 Å². The van der Waals surface area contributed by atoms with Gasteiger partial charge in [-0.2, -0.15) is 0 Å². The molecule has 2 aromatic carbocycles. The minimum Gasteiger partial charge on any atom is -0.385 e. The second-order valence-electron chi connectivity index (χ2n) is 9.38. The fourth-order valence-corrected chi connectivity index (χ4v) is 4.67. The van der Waals surface area contributed by atoms with Crippen molar-refractivity contribution >= 4 is 17.3 Å². The molecule has 2 aliphatic rings. The van der Waals surface area contributed by atoms with Crippen LogP contribution in [0, 0.1) is 12.8 Å². The molecule has 4 rings (SSSR count). The molecule has 0 aliphatic carbocycles. The van der Waals surface area contributed by atoms with Crippen LogP contribution in [0.1, 0.15) is 35.2 Å². The molecule has 2 saturated heterocycles. The van der Waals surface area contributed by atoms with Crippen molar-refractivity contribution in [2.45, 2.75) is 32.2 Å².